The highest BCUT2D eigenvalue weighted by Gasteiger charge is 2.11. The van der Waals surface area contributed by atoms with Gasteiger partial charge in [0.2, 0.25) is 5.13 Å². The molecule has 1 aromatic heterocycles. The van der Waals surface area contributed by atoms with Crippen LogP contribution in [0.4, 0.5) is 10.8 Å². The summed E-state index contributed by atoms with van der Waals surface area (Å²) in [5.74, 6) is -0.156. The van der Waals surface area contributed by atoms with Crippen LogP contribution in [0.2, 0.25) is 0 Å². The van der Waals surface area contributed by atoms with Crippen molar-refractivity contribution in [1.29, 1.82) is 0 Å². The number of carbonyl (C=O) groups is 1. The van der Waals surface area contributed by atoms with Gasteiger partial charge in [0.05, 0.1) is 0 Å². The number of nitrogens with zero attached hydrogens (tertiary/aromatic N) is 2. The quantitative estimate of drug-likeness (QED) is 0.901. The molecule has 2 rings (SSSR count). The normalized spacial score (nSPS) is 10.3. The maximum absolute atomic E-state index is 12.1. The Morgan fingerprint density at radius 1 is 1.32 bits per heavy atom. The molecule has 100 valence electrons. The molecule has 6 heteroatoms. The van der Waals surface area contributed by atoms with Gasteiger partial charge >= 0.3 is 0 Å². The zero-order valence-electron chi connectivity index (χ0n) is 11.2. The standard InChI is InChI=1S/C13H16N4OS/c1-4-14-10-5-6-11(8(2)7-10)12(18)15-13-17-16-9(3)19-13/h5-7,14H,4H2,1-3H3,(H,15,17,18). The van der Waals surface area contributed by atoms with Crippen LogP contribution in [-0.2, 0) is 0 Å². The number of hydrogen-bond acceptors (Lipinski definition) is 5. The van der Waals surface area contributed by atoms with Gasteiger partial charge in [-0.3, -0.25) is 10.1 Å². The number of amides is 1. The summed E-state index contributed by atoms with van der Waals surface area (Å²) in [6.45, 7) is 6.66. The minimum absolute atomic E-state index is 0.156. The van der Waals surface area contributed by atoms with Gasteiger partial charge in [0.1, 0.15) is 5.01 Å². The average molecular weight is 276 g/mol. The van der Waals surface area contributed by atoms with Gasteiger partial charge in [-0.2, -0.15) is 0 Å². The molecular weight excluding hydrogens is 260 g/mol. The third kappa shape index (κ3) is 3.29. The molecule has 0 saturated carbocycles. The predicted octanol–water partition coefficient (Wildman–Crippen LogP) is 2.84. The van der Waals surface area contributed by atoms with Gasteiger partial charge in [0.15, 0.2) is 0 Å². The van der Waals surface area contributed by atoms with Crippen molar-refractivity contribution in [3.8, 4) is 0 Å². The SMILES string of the molecule is CCNc1ccc(C(=O)Nc2nnc(C)s2)c(C)c1. The highest BCUT2D eigenvalue weighted by molar-refractivity contribution is 7.15. The topological polar surface area (TPSA) is 66.9 Å². The molecule has 0 bridgehead atoms. The van der Waals surface area contributed by atoms with Crippen LogP contribution in [0.3, 0.4) is 0 Å². The lowest BCUT2D eigenvalue weighted by Crippen LogP contribution is -2.13. The van der Waals surface area contributed by atoms with Crippen molar-refractivity contribution < 1.29 is 4.79 Å². The Morgan fingerprint density at radius 2 is 2.11 bits per heavy atom. The van der Waals surface area contributed by atoms with E-state index >= 15 is 0 Å². The van der Waals surface area contributed by atoms with Gasteiger partial charge in [-0.25, -0.2) is 0 Å². The van der Waals surface area contributed by atoms with Crippen molar-refractivity contribution in [2.45, 2.75) is 20.8 Å². The lowest BCUT2D eigenvalue weighted by molar-refractivity contribution is 0.102. The molecule has 0 unspecified atom stereocenters. The number of hydrogen-bond donors (Lipinski definition) is 2. The Balaban J connectivity index is 2.15. The van der Waals surface area contributed by atoms with Gasteiger partial charge in [-0.05, 0) is 44.5 Å². The van der Waals surface area contributed by atoms with E-state index in [1.54, 1.807) is 0 Å². The van der Waals surface area contributed by atoms with Crippen LogP contribution in [0.5, 0.6) is 0 Å². The fourth-order valence-corrected chi connectivity index (χ4v) is 2.33. The average Bonchev–Trinajstić information content (AvgIpc) is 2.75. The molecule has 2 aromatic rings. The molecule has 1 aromatic carbocycles. The lowest BCUT2D eigenvalue weighted by atomic mass is 10.1. The first kappa shape index (κ1) is 13.5. The highest BCUT2D eigenvalue weighted by Crippen LogP contribution is 2.18. The Kier molecular flexibility index (Phi) is 4.11. The van der Waals surface area contributed by atoms with Crippen LogP contribution in [-0.4, -0.2) is 22.6 Å². The molecule has 0 spiro atoms. The number of aryl methyl sites for hydroxylation is 2. The van der Waals surface area contributed by atoms with E-state index in [-0.39, 0.29) is 5.91 Å². The van der Waals surface area contributed by atoms with Gasteiger partial charge in [-0.1, -0.05) is 11.3 Å². The largest absolute Gasteiger partial charge is 0.385 e. The second kappa shape index (κ2) is 5.79. The Hall–Kier alpha value is -1.95. The Morgan fingerprint density at radius 3 is 2.68 bits per heavy atom. The monoisotopic (exact) mass is 276 g/mol. The van der Waals surface area contributed by atoms with Gasteiger partial charge in [0, 0.05) is 17.8 Å². The number of nitrogens with one attached hydrogen (secondary N) is 2. The first-order valence-corrected chi connectivity index (χ1v) is 6.87. The molecule has 0 radical (unpaired) electrons. The third-order valence-corrected chi connectivity index (χ3v) is 3.35. The van der Waals surface area contributed by atoms with Crippen molar-refractivity contribution in [3.05, 3.63) is 34.3 Å². The number of carbonyl (C=O) groups excluding carboxylic acids is 1. The summed E-state index contributed by atoms with van der Waals surface area (Å²) in [5.41, 5.74) is 2.59. The molecule has 2 N–H and O–H groups in total. The summed E-state index contributed by atoms with van der Waals surface area (Å²) >= 11 is 1.36. The van der Waals surface area contributed by atoms with Crippen LogP contribution >= 0.6 is 11.3 Å². The second-order valence-electron chi connectivity index (χ2n) is 4.14. The zero-order valence-corrected chi connectivity index (χ0v) is 12.0. The van der Waals surface area contributed by atoms with E-state index in [0.29, 0.717) is 10.7 Å². The van der Waals surface area contributed by atoms with E-state index < -0.39 is 0 Å². The summed E-state index contributed by atoms with van der Waals surface area (Å²) < 4.78 is 0. The van der Waals surface area contributed by atoms with E-state index in [0.717, 1.165) is 22.8 Å². The molecular formula is C13H16N4OS. The molecule has 1 heterocycles. The second-order valence-corrected chi connectivity index (χ2v) is 5.32. The van der Waals surface area contributed by atoms with Crippen LogP contribution in [0, 0.1) is 13.8 Å². The van der Waals surface area contributed by atoms with Crippen molar-refractivity contribution in [3.63, 3.8) is 0 Å². The summed E-state index contributed by atoms with van der Waals surface area (Å²) in [4.78, 5) is 12.1. The van der Waals surface area contributed by atoms with Crippen molar-refractivity contribution >= 4 is 28.1 Å². The van der Waals surface area contributed by atoms with E-state index in [1.165, 1.54) is 11.3 Å². The fraction of sp³-hybridized carbons (Fsp3) is 0.308. The zero-order chi connectivity index (χ0) is 13.8. The summed E-state index contributed by atoms with van der Waals surface area (Å²) in [6, 6.07) is 5.68. The number of rotatable bonds is 4. The number of benzene rings is 1. The Labute approximate surface area is 116 Å². The van der Waals surface area contributed by atoms with Crippen LogP contribution in [0.15, 0.2) is 18.2 Å². The maximum Gasteiger partial charge on any atom is 0.257 e. The minimum Gasteiger partial charge on any atom is -0.385 e. The molecule has 0 aliphatic heterocycles. The van der Waals surface area contributed by atoms with Gasteiger partial charge < -0.3 is 5.32 Å². The van der Waals surface area contributed by atoms with Crippen LogP contribution in [0.25, 0.3) is 0 Å². The van der Waals surface area contributed by atoms with Crippen molar-refractivity contribution in [2.24, 2.45) is 0 Å². The van der Waals surface area contributed by atoms with E-state index in [9.17, 15) is 4.79 Å². The maximum atomic E-state index is 12.1. The van der Waals surface area contributed by atoms with Gasteiger partial charge in [0.25, 0.3) is 5.91 Å². The van der Waals surface area contributed by atoms with Crippen molar-refractivity contribution in [2.75, 3.05) is 17.2 Å². The molecule has 0 aliphatic carbocycles. The smallest absolute Gasteiger partial charge is 0.257 e. The third-order valence-electron chi connectivity index (χ3n) is 2.60. The van der Waals surface area contributed by atoms with Crippen LogP contribution < -0.4 is 10.6 Å². The van der Waals surface area contributed by atoms with E-state index in [1.807, 2.05) is 39.0 Å². The van der Waals surface area contributed by atoms with E-state index in [4.69, 9.17) is 0 Å². The summed E-state index contributed by atoms with van der Waals surface area (Å²) in [6.07, 6.45) is 0. The first-order chi connectivity index (χ1) is 9.10. The summed E-state index contributed by atoms with van der Waals surface area (Å²) in [5, 5.41) is 15.1. The predicted molar refractivity (Wildman–Crippen MR) is 77.9 cm³/mol. The molecule has 19 heavy (non-hydrogen) atoms. The molecule has 1 amide bonds. The first-order valence-electron chi connectivity index (χ1n) is 6.06. The van der Waals surface area contributed by atoms with Crippen molar-refractivity contribution in [1.82, 2.24) is 10.2 Å². The molecule has 0 aliphatic rings. The molecule has 0 fully saturated rings. The molecule has 0 atom stereocenters. The number of anilines is 2. The number of aromatic nitrogens is 2. The van der Waals surface area contributed by atoms with Crippen LogP contribution in [0.1, 0.15) is 27.9 Å². The fourth-order valence-electron chi connectivity index (χ4n) is 1.74. The lowest BCUT2D eigenvalue weighted by Gasteiger charge is -2.08. The molecule has 5 nitrogen and oxygen atoms in total. The highest BCUT2D eigenvalue weighted by atomic mass is 32.1. The molecule has 0 saturated heterocycles. The minimum atomic E-state index is -0.156. The van der Waals surface area contributed by atoms with Gasteiger partial charge in [-0.15, -0.1) is 10.2 Å². The van der Waals surface area contributed by atoms with E-state index in [2.05, 4.69) is 20.8 Å². The summed E-state index contributed by atoms with van der Waals surface area (Å²) in [7, 11) is 0. The Bertz CT molecular complexity index is 594.